The number of hydrogen-bond donors (Lipinski definition) is 2. The number of nitrogens with one attached hydrogen (secondary N) is 2. The van der Waals surface area contributed by atoms with Gasteiger partial charge in [0.1, 0.15) is 11.4 Å². The van der Waals surface area contributed by atoms with Crippen LogP contribution in [0.5, 0.6) is 0 Å². The van der Waals surface area contributed by atoms with Gasteiger partial charge in [0.05, 0.1) is 0 Å². The standard InChI is InChI=1S/C10H15N3/c1-2-7(1)5-8-3-4-9-10(12-8)6-11-13-9/h6-8,12-13H,1-5H2/q+1. The molecule has 1 radical (unpaired) electrons. The van der Waals surface area contributed by atoms with Crippen molar-refractivity contribution in [2.75, 3.05) is 0 Å². The van der Waals surface area contributed by atoms with Gasteiger partial charge in [-0.15, -0.1) is 5.43 Å². The SMILES string of the molecule is C1=[N+]NC2=C1NC(CC1CC1)CC2. The Morgan fingerprint density at radius 3 is 3.15 bits per heavy atom. The first-order chi connectivity index (χ1) is 6.42. The van der Waals surface area contributed by atoms with Crippen molar-refractivity contribution in [3.63, 3.8) is 0 Å². The summed E-state index contributed by atoms with van der Waals surface area (Å²) in [5, 5.41) is 7.60. The highest BCUT2D eigenvalue weighted by molar-refractivity contribution is 5.80. The largest absolute Gasteiger partial charge is 0.376 e. The van der Waals surface area contributed by atoms with Gasteiger partial charge in [-0.1, -0.05) is 12.8 Å². The molecule has 0 aromatic rings. The summed E-state index contributed by atoms with van der Waals surface area (Å²) in [6, 6.07) is 0.706. The van der Waals surface area contributed by atoms with Crippen LogP contribution in [-0.4, -0.2) is 12.3 Å². The van der Waals surface area contributed by atoms with E-state index in [1.54, 1.807) is 0 Å². The third-order valence-electron chi connectivity index (χ3n) is 3.14. The lowest BCUT2D eigenvalue weighted by Gasteiger charge is -2.23. The topological polar surface area (TPSA) is 38.2 Å². The second-order valence-electron chi connectivity index (χ2n) is 4.32. The molecule has 13 heavy (non-hydrogen) atoms. The van der Waals surface area contributed by atoms with E-state index in [-0.39, 0.29) is 0 Å². The number of rotatable bonds is 2. The quantitative estimate of drug-likeness (QED) is 0.651. The van der Waals surface area contributed by atoms with Gasteiger partial charge in [0.2, 0.25) is 0 Å². The molecule has 2 aliphatic heterocycles. The van der Waals surface area contributed by atoms with Crippen molar-refractivity contribution in [2.45, 2.75) is 38.1 Å². The van der Waals surface area contributed by atoms with E-state index in [4.69, 9.17) is 0 Å². The lowest BCUT2D eigenvalue weighted by Crippen LogP contribution is -2.34. The van der Waals surface area contributed by atoms with Gasteiger partial charge in [-0.2, -0.15) is 0 Å². The third-order valence-corrected chi connectivity index (χ3v) is 3.14. The summed E-state index contributed by atoms with van der Waals surface area (Å²) in [4.78, 5) is 0. The highest BCUT2D eigenvalue weighted by Gasteiger charge is 2.31. The van der Waals surface area contributed by atoms with Gasteiger partial charge in [0.25, 0.3) is 6.21 Å². The van der Waals surface area contributed by atoms with Crippen LogP contribution in [0.15, 0.2) is 11.4 Å². The maximum atomic E-state index is 4.05. The van der Waals surface area contributed by atoms with Crippen LogP contribution in [0.4, 0.5) is 0 Å². The van der Waals surface area contributed by atoms with Gasteiger partial charge in [-0.05, 0) is 25.2 Å². The maximum Gasteiger partial charge on any atom is 0.300 e. The summed E-state index contributed by atoms with van der Waals surface area (Å²) in [5.41, 5.74) is 5.55. The Balaban J connectivity index is 1.65. The molecule has 3 aliphatic rings. The third kappa shape index (κ3) is 1.43. The molecule has 1 atom stereocenters. The molecule has 1 saturated carbocycles. The lowest BCUT2D eigenvalue weighted by molar-refractivity contribution is 0.445. The molecule has 0 amide bonds. The Hall–Kier alpha value is -0.990. The molecule has 3 rings (SSSR count). The van der Waals surface area contributed by atoms with E-state index in [1.807, 2.05) is 6.21 Å². The van der Waals surface area contributed by atoms with Crippen LogP contribution in [0.3, 0.4) is 0 Å². The van der Waals surface area contributed by atoms with Gasteiger partial charge in [0.15, 0.2) is 5.10 Å². The summed E-state index contributed by atoms with van der Waals surface area (Å²) in [5.74, 6) is 1.02. The van der Waals surface area contributed by atoms with Crippen molar-refractivity contribution in [1.29, 1.82) is 0 Å². The molecular weight excluding hydrogens is 162 g/mol. The molecule has 0 saturated heterocycles. The van der Waals surface area contributed by atoms with Crippen LogP contribution in [0.1, 0.15) is 32.1 Å². The fourth-order valence-electron chi connectivity index (χ4n) is 2.17. The first-order valence-electron chi connectivity index (χ1n) is 5.20. The molecule has 2 N–H and O–H groups in total. The van der Waals surface area contributed by atoms with Crippen LogP contribution in [0.25, 0.3) is 0 Å². The van der Waals surface area contributed by atoms with E-state index in [9.17, 15) is 0 Å². The van der Waals surface area contributed by atoms with Gasteiger partial charge in [0, 0.05) is 6.04 Å². The second-order valence-corrected chi connectivity index (χ2v) is 4.32. The fourth-order valence-corrected chi connectivity index (χ4v) is 2.17. The van der Waals surface area contributed by atoms with Crippen LogP contribution in [-0.2, 0) is 0 Å². The van der Waals surface area contributed by atoms with Crippen molar-refractivity contribution in [3.05, 3.63) is 11.4 Å². The predicted octanol–water partition coefficient (Wildman–Crippen LogP) is 0.675. The average molecular weight is 177 g/mol. The summed E-state index contributed by atoms with van der Waals surface area (Å²) in [7, 11) is 0. The number of nitrogens with zero attached hydrogens (tertiary/aromatic N) is 1. The predicted molar refractivity (Wildman–Crippen MR) is 51.9 cm³/mol. The molecule has 0 bridgehead atoms. The van der Waals surface area contributed by atoms with E-state index < -0.39 is 0 Å². The zero-order valence-corrected chi connectivity index (χ0v) is 7.71. The Bertz CT molecular complexity index is 276. The monoisotopic (exact) mass is 177 g/mol. The van der Waals surface area contributed by atoms with Crippen LogP contribution in [0.2, 0.25) is 0 Å². The summed E-state index contributed by atoms with van der Waals surface area (Å²) in [6.45, 7) is 0. The number of allylic oxidation sites excluding steroid dienone is 2. The molecule has 1 fully saturated rings. The van der Waals surface area contributed by atoms with Crippen molar-refractivity contribution in [1.82, 2.24) is 15.8 Å². The van der Waals surface area contributed by atoms with Crippen molar-refractivity contribution < 1.29 is 0 Å². The average Bonchev–Trinajstić information content (AvgIpc) is 2.83. The Labute approximate surface area is 78.3 Å². The summed E-state index contributed by atoms with van der Waals surface area (Å²) < 4.78 is 0. The van der Waals surface area contributed by atoms with Crippen molar-refractivity contribution >= 4 is 6.21 Å². The highest BCUT2D eigenvalue weighted by Crippen LogP contribution is 2.35. The molecule has 0 aromatic carbocycles. The van der Waals surface area contributed by atoms with Crippen molar-refractivity contribution in [2.24, 2.45) is 5.92 Å². The molecule has 69 valence electrons. The van der Waals surface area contributed by atoms with Gasteiger partial charge in [-0.25, -0.2) is 0 Å². The minimum atomic E-state index is 0.706. The van der Waals surface area contributed by atoms with E-state index in [2.05, 4.69) is 15.8 Å². The van der Waals surface area contributed by atoms with E-state index in [0.717, 1.165) is 5.92 Å². The van der Waals surface area contributed by atoms with E-state index in [1.165, 1.54) is 43.5 Å². The Kier molecular flexibility index (Phi) is 1.57. The van der Waals surface area contributed by atoms with E-state index in [0.29, 0.717) is 6.04 Å². The number of hydrazone groups is 1. The first-order valence-corrected chi connectivity index (χ1v) is 5.20. The summed E-state index contributed by atoms with van der Waals surface area (Å²) >= 11 is 0. The zero-order chi connectivity index (χ0) is 8.67. The van der Waals surface area contributed by atoms with Gasteiger partial charge >= 0.3 is 0 Å². The molecule has 1 aliphatic carbocycles. The van der Waals surface area contributed by atoms with E-state index >= 15 is 0 Å². The van der Waals surface area contributed by atoms with Crippen LogP contribution in [0, 0.1) is 5.92 Å². The molecule has 3 heteroatoms. The van der Waals surface area contributed by atoms with Crippen LogP contribution >= 0.6 is 0 Å². The smallest absolute Gasteiger partial charge is 0.300 e. The fraction of sp³-hybridized carbons (Fsp3) is 0.700. The maximum absolute atomic E-state index is 4.05. The Morgan fingerprint density at radius 2 is 2.31 bits per heavy atom. The normalized spacial score (nSPS) is 31.2. The Morgan fingerprint density at radius 1 is 1.38 bits per heavy atom. The second kappa shape index (κ2) is 2.76. The van der Waals surface area contributed by atoms with Crippen LogP contribution < -0.4 is 15.8 Å². The molecular formula is C10H15N3+. The van der Waals surface area contributed by atoms with Gasteiger partial charge < -0.3 is 5.32 Å². The minimum Gasteiger partial charge on any atom is -0.376 e. The molecule has 0 aromatic heterocycles. The molecule has 3 nitrogen and oxygen atoms in total. The van der Waals surface area contributed by atoms with Gasteiger partial charge in [-0.3, -0.25) is 0 Å². The molecule has 1 unspecified atom stereocenters. The lowest BCUT2D eigenvalue weighted by atomic mass is 9.99. The highest BCUT2D eigenvalue weighted by atomic mass is 15.3. The molecule has 0 spiro atoms. The first kappa shape index (κ1) is 7.42. The van der Waals surface area contributed by atoms with Crippen molar-refractivity contribution in [3.8, 4) is 0 Å². The molecule has 2 heterocycles. The number of hydrogen-bond acceptors (Lipinski definition) is 3. The zero-order valence-electron chi connectivity index (χ0n) is 7.71. The minimum absolute atomic E-state index is 0.706. The summed E-state index contributed by atoms with van der Waals surface area (Å²) in [6.07, 6.45) is 8.62.